The Kier molecular flexibility index (Phi) is 5.17. The molecule has 2 aromatic carbocycles. The van der Waals surface area contributed by atoms with Crippen molar-refractivity contribution >= 4 is 23.0 Å². The van der Waals surface area contributed by atoms with Gasteiger partial charge in [-0.05, 0) is 30.2 Å². The van der Waals surface area contributed by atoms with Gasteiger partial charge in [-0.1, -0.05) is 43.1 Å². The molecular weight excluding hydrogens is 288 g/mol. The van der Waals surface area contributed by atoms with E-state index in [0.717, 1.165) is 24.1 Å². The van der Waals surface area contributed by atoms with Crippen LogP contribution in [0.1, 0.15) is 31.4 Å². The Morgan fingerprint density at radius 2 is 1.95 bits per heavy atom. The molecule has 110 valence electrons. The number of anilines is 1. The Labute approximate surface area is 128 Å². The minimum atomic E-state index is -0.387. The molecule has 0 aliphatic rings. The van der Waals surface area contributed by atoms with Crippen LogP contribution in [0.15, 0.2) is 48.5 Å². The summed E-state index contributed by atoms with van der Waals surface area (Å²) in [5.41, 5.74) is 1.96. The van der Waals surface area contributed by atoms with E-state index >= 15 is 0 Å². The summed E-state index contributed by atoms with van der Waals surface area (Å²) in [6.45, 7) is 2.11. The third-order valence-electron chi connectivity index (χ3n) is 3.25. The molecule has 1 N–H and O–H groups in total. The molecular formula is C16H17ClN2O2. The zero-order chi connectivity index (χ0) is 15.2. The second-order valence-corrected chi connectivity index (χ2v) is 5.28. The van der Waals surface area contributed by atoms with E-state index in [-0.39, 0.29) is 16.7 Å². The first-order chi connectivity index (χ1) is 10.1. The highest BCUT2D eigenvalue weighted by molar-refractivity contribution is 6.30. The second kappa shape index (κ2) is 7.09. The third kappa shape index (κ3) is 4.20. The van der Waals surface area contributed by atoms with Crippen molar-refractivity contribution < 1.29 is 4.92 Å². The lowest BCUT2D eigenvalue weighted by atomic mass is 10.0. The van der Waals surface area contributed by atoms with Gasteiger partial charge >= 0.3 is 0 Å². The number of hydrogen-bond acceptors (Lipinski definition) is 3. The number of nitrogens with zero attached hydrogens (tertiary/aromatic N) is 1. The van der Waals surface area contributed by atoms with Gasteiger partial charge in [0.2, 0.25) is 0 Å². The minimum absolute atomic E-state index is 0.0892. The van der Waals surface area contributed by atoms with Crippen molar-refractivity contribution in [1.82, 2.24) is 0 Å². The Morgan fingerprint density at radius 3 is 2.57 bits per heavy atom. The van der Waals surface area contributed by atoms with Gasteiger partial charge in [0.1, 0.15) is 0 Å². The van der Waals surface area contributed by atoms with Crippen molar-refractivity contribution in [3.05, 3.63) is 69.2 Å². The Bertz CT molecular complexity index is 614. The summed E-state index contributed by atoms with van der Waals surface area (Å²) in [5, 5.41) is 14.9. The maximum atomic E-state index is 10.8. The van der Waals surface area contributed by atoms with Gasteiger partial charge in [-0.25, -0.2) is 0 Å². The van der Waals surface area contributed by atoms with Crippen LogP contribution in [0.5, 0.6) is 0 Å². The Balaban J connectivity index is 2.21. The number of halogens is 1. The fourth-order valence-corrected chi connectivity index (χ4v) is 2.34. The van der Waals surface area contributed by atoms with E-state index in [1.54, 1.807) is 12.1 Å². The van der Waals surface area contributed by atoms with Crippen LogP contribution >= 0.6 is 11.6 Å². The van der Waals surface area contributed by atoms with Gasteiger partial charge in [0.25, 0.3) is 5.69 Å². The number of hydrogen-bond donors (Lipinski definition) is 1. The number of non-ortho nitro benzene ring substituents is 1. The molecule has 5 heteroatoms. The van der Waals surface area contributed by atoms with Crippen LogP contribution < -0.4 is 5.32 Å². The van der Waals surface area contributed by atoms with Crippen molar-refractivity contribution in [3.63, 3.8) is 0 Å². The summed E-state index contributed by atoms with van der Waals surface area (Å²) in [6, 6.07) is 14.3. The largest absolute Gasteiger partial charge is 0.378 e. The second-order valence-electron chi connectivity index (χ2n) is 4.84. The van der Waals surface area contributed by atoms with E-state index in [4.69, 9.17) is 11.6 Å². The number of nitro groups is 1. The highest BCUT2D eigenvalue weighted by atomic mass is 35.5. The number of nitro benzene ring substituents is 1. The predicted octanol–water partition coefficient (Wildman–Crippen LogP) is 5.20. The van der Waals surface area contributed by atoms with Gasteiger partial charge in [0, 0.05) is 22.8 Å². The summed E-state index contributed by atoms with van der Waals surface area (Å²) in [4.78, 5) is 10.4. The van der Waals surface area contributed by atoms with Gasteiger partial charge in [-0.3, -0.25) is 10.1 Å². The molecule has 2 rings (SSSR count). The quantitative estimate of drug-likeness (QED) is 0.589. The lowest BCUT2D eigenvalue weighted by molar-refractivity contribution is -0.384. The normalized spacial score (nSPS) is 11.9. The van der Waals surface area contributed by atoms with Crippen LogP contribution in [0.2, 0.25) is 5.02 Å². The highest BCUT2D eigenvalue weighted by Crippen LogP contribution is 2.27. The first-order valence-corrected chi connectivity index (χ1v) is 7.24. The average molecular weight is 305 g/mol. The van der Waals surface area contributed by atoms with Gasteiger partial charge < -0.3 is 5.32 Å². The minimum Gasteiger partial charge on any atom is -0.378 e. The molecule has 0 saturated heterocycles. The molecule has 0 aliphatic heterocycles. The lowest BCUT2D eigenvalue weighted by Gasteiger charge is -2.20. The van der Waals surface area contributed by atoms with Crippen LogP contribution in [-0.4, -0.2) is 4.92 Å². The van der Waals surface area contributed by atoms with E-state index in [2.05, 4.69) is 12.2 Å². The number of rotatable bonds is 6. The molecule has 1 atom stereocenters. The maximum absolute atomic E-state index is 10.8. The Morgan fingerprint density at radius 1 is 1.24 bits per heavy atom. The summed E-state index contributed by atoms with van der Waals surface area (Å²) >= 11 is 5.91. The van der Waals surface area contributed by atoms with Crippen LogP contribution in [0.25, 0.3) is 0 Å². The first kappa shape index (κ1) is 15.3. The Hall–Kier alpha value is -2.07. The predicted molar refractivity (Wildman–Crippen MR) is 85.8 cm³/mol. The van der Waals surface area contributed by atoms with Crippen molar-refractivity contribution in [2.75, 3.05) is 5.32 Å². The smallest absolute Gasteiger partial charge is 0.271 e. The molecule has 1 unspecified atom stereocenters. The SMILES string of the molecule is CCCC(Nc1cccc([N+](=O)[O-])c1)c1ccc(Cl)cc1. The standard InChI is InChI=1S/C16H17ClN2O2/c1-2-4-16(12-7-9-13(17)10-8-12)18-14-5-3-6-15(11-14)19(20)21/h3,5-11,16,18H,2,4H2,1H3. The van der Waals surface area contributed by atoms with Gasteiger partial charge in [0.05, 0.1) is 11.0 Å². The van der Waals surface area contributed by atoms with Crippen LogP contribution in [0.3, 0.4) is 0 Å². The summed E-state index contributed by atoms with van der Waals surface area (Å²) in [6.07, 6.45) is 1.94. The van der Waals surface area contributed by atoms with Gasteiger partial charge in [0.15, 0.2) is 0 Å². The molecule has 0 aliphatic carbocycles. The molecule has 21 heavy (non-hydrogen) atoms. The maximum Gasteiger partial charge on any atom is 0.271 e. The van der Waals surface area contributed by atoms with Crippen LogP contribution in [-0.2, 0) is 0 Å². The monoisotopic (exact) mass is 304 g/mol. The lowest BCUT2D eigenvalue weighted by Crippen LogP contribution is -2.10. The van der Waals surface area contributed by atoms with E-state index in [9.17, 15) is 10.1 Å². The zero-order valence-corrected chi connectivity index (χ0v) is 12.5. The molecule has 0 radical (unpaired) electrons. The zero-order valence-electron chi connectivity index (χ0n) is 11.8. The average Bonchev–Trinajstić information content (AvgIpc) is 2.48. The van der Waals surface area contributed by atoms with Crippen molar-refractivity contribution in [2.24, 2.45) is 0 Å². The summed E-state index contributed by atoms with van der Waals surface area (Å²) < 4.78 is 0. The van der Waals surface area contributed by atoms with Gasteiger partial charge in [-0.2, -0.15) is 0 Å². The van der Waals surface area contributed by atoms with E-state index in [1.807, 2.05) is 30.3 Å². The van der Waals surface area contributed by atoms with E-state index in [1.165, 1.54) is 6.07 Å². The molecule has 0 saturated carbocycles. The molecule has 2 aromatic rings. The van der Waals surface area contributed by atoms with Crippen molar-refractivity contribution in [1.29, 1.82) is 0 Å². The molecule has 0 amide bonds. The molecule has 4 nitrogen and oxygen atoms in total. The highest BCUT2D eigenvalue weighted by Gasteiger charge is 2.12. The molecule has 0 aromatic heterocycles. The molecule has 0 spiro atoms. The third-order valence-corrected chi connectivity index (χ3v) is 3.50. The number of benzene rings is 2. The van der Waals surface area contributed by atoms with Crippen molar-refractivity contribution in [2.45, 2.75) is 25.8 Å². The van der Waals surface area contributed by atoms with Crippen LogP contribution in [0.4, 0.5) is 11.4 Å². The first-order valence-electron chi connectivity index (χ1n) is 6.86. The summed E-state index contributed by atoms with van der Waals surface area (Å²) in [7, 11) is 0. The van der Waals surface area contributed by atoms with Crippen LogP contribution in [0, 0.1) is 10.1 Å². The fourth-order valence-electron chi connectivity index (χ4n) is 2.22. The fraction of sp³-hybridized carbons (Fsp3) is 0.250. The molecule has 0 heterocycles. The van der Waals surface area contributed by atoms with Gasteiger partial charge in [-0.15, -0.1) is 0 Å². The molecule has 0 bridgehead atoms. The van der Waals surface area contributed by atoms with E-state index in [0.29, 0.717) is 5.02 Å². The topological polar surface area (TPSA) is 55.2 Å². The molecule has 0 fully saturated rings. The summed E-state index contributed by atoms with van der Waals surface area (Å²) in [5.74, 6) is 0. The van der Waals surface area contributed by atoms with E-state index < -0.39 is 0 Å². The van der Waals surface area contributed by atoms with Crippen molar-refractivity contribution in [3.8, 4) is 0 Å². The number of nitrogens with one attached hydrogen (secondary N) is 1.